The fourth-order valence-corrected chi connectivity index (χ4v) is 3.00. The van der Waals surface area contributed by atoms with Crippen LogP contribution in [0.1, 0.15) is 20.9 Å². The third-order valence-corrected chi connectivity index (χ3v) is 4.69. The maximum Gasteiger partial charge on any atom is 0.291 e. The van der Waals surface area contributed by atoms with Crippen molar-refractivity contribution in [3.05, 3.63) is 78.3 Å². The van der Waals surface area contributed by atoms with Crippen LogP contribution < -0.4 is 16.4 Å². The molecule has 8 heteroatoms. The number of nitrogens with one attached hydrogen (secondary N) is 2. The molecule has 0 saturated heterocycles. The van der Waals surface area contributed by atoms with Crippen molar-refractivity contribution in [2.75, 3.05) is 16.4 Å². The van der Waals surface area contributed by atoms with Crippen LogP contribution in [-0.4, -0.2) is 23.5 Å². The lowest BCUT2D eigenvalue weighted by atomic mass is 10.2. The van der Waals surface area contributed by atoms with Crippen molar-refractivity contribution < 1.29 is 18.8 Å². The molecule has 3 aromatic rings. The van der Waals surface area contributed by atoms with Crippen molar-refractivity contribution >= 4 is 40.9 Å². The monoisotopic (exact) mass is 395 g/mol. The van der Waals surface area contributed by atoms with Crippen LogP contribution in [0.3, 0.4) is 0 Å². The number of amides is 3. The molecule has 0 atom stereocenters. The van der Waals surface area contributed by atoms with Gasteiger partial charge in [-0.3, -0.25) is 14.4 Å². The quantitative estimate of drug-likeness (QED) is 0.531. The Morgan fingerprint density at radius 1 is 0.893 bits per heavy atom. The summed E-state index contributed by atoms with van der Waals surface area (Å²) in [5.41, 5.74) is 6.78. The molecule has 0 saturated carbocycles. The predicted molar refractivity (Wildman–Crippen MR) is 107 cm³/mol. The normalized spacial score (nSPS) is 10.3. The highest BCUT2D eigenvalue weighted by Crippen LogP contribution is 2.21. The van der Waals surface area contributed by atoms with Crippen LogP contribution in [0.4, 0.5) is 11.4 Å². The number of thioether (sulfide) groups is 1. The van der Waals surface area contributed by atoms with Gasteiger partial charge in [-0.25, -0.2) is 0 Å². The number of rotatable bonds is 7. The third-order valence-electron chi connectivity index (χ3n) is 3.68. The second-order valence-corrected chi connectivity index (χ2v) is 6.78. The van der Waals surface area contributed by atoms with E-state index in [-0.39, 0.29) is 23.3 Å². The molecule has 0 fully saturated rings. The average Bonchev–Trinajstić information content (AvgIpc) is 3.23. The molecule has 142 valence electrons. The van der Waals surface area contributed by atoms with Crippen LogP contribution in [0, 0.1) is 0 Å². The van der Waals surface area contributed by atoms with Gasteiger partial charge in [0, 0.05) is 21.8 Å². The van der Waals surface area contributed by atoms with Crippen LogP contribution in [0.15, 0.2) is 76.2 Å². The SMILES string of the molecule is NC(=O)c1ccc(NC(=O)CSc2ccc(NC(=O)c3ccco3)cc2)cc1. The van der Waals surface area contributed by atoms with Gasteiger partial charge in [-0.1, -0.05) is 0 Å². The van der Waals surface area contributed by atoms with Gasteiger partial charge in [-0.15, -0.1) is 11.8 Å². The summed E-state index contributed by atoms with van der Waals surface area (Å²) in [5.74, 6) is -0.564. The van der Waals surface area contributed by atoms with Crippen LogP contribution in [0.25, 0.3) is 0 Å². The minimum atomic E-state index is -0.516. The molecule has 28 heavy (non-hydrogen) atoms. The number of nitrogens with two attached hydrogens (primary N) is 1. The third kappa shape index (κ3) is 5.24. The van der Waals surface area contributed by atoms with E-state index in [2.05, 4.69) is 10.6 Å². The molecule has 0 radical (unpaired) electrons. The van der Waals surface area contributed by atoms with E-state index in [4.69, 9.17) is 10.2 Å². The molecular weight excluding hydrogens is 378 g/mol. The van der Waals surface area contributed by atoms with E-state index < -0.39 is 5.91 Å². The average molecular weight is 395 g/mol. The van der Waals surface area contributed by atoms with E-state index in [0.717, 1.165) is 4.90 Å². The van der Waals surface area contributed by atoms with Gasteiger partial charge in [0.25, 0.3) is 5.91 Å². The first-order chi connectivity index (χ1) is 13.5. The molecule has 0 unspecified atom stereocenters. The van der Waals surface area contributed by atoms with E-state index in [0.29, 0.717) is 16.9 Å². The summed E-state index contributed by atoms with van der Waals surface area (Å²) in [4.78, 5) is 35.9. The molecular formula is C20H17N3O4S. The maximum atomic E-state index is 12.1. The molecule has 0 aliphatic carbocycles. The molecule has 1 aromatic heterocycles. The van der Waals surface area contributed by atoms with Crippen molar-refractivity contribution in [3.63, 3.8) is 0 Å². The number of anilines is 2. The Morgan fingerprint density at radius 3 is 2.14 bits per heavy atom. The van der Waals surface area contributed by atoms with Crippen LogP contribution in [-0.2, 0) is 4.79 Å². The van der Waals surface area contributed by atoms with Crippen molar-refractivity contribution in [2.24, 2.45) is 5.73 Å². The summed E-state index contributed by atoms with van der Waals surface area (Å²) in [6.45, 7) is 0. The molecule has 3 amide bonds. The molecule has 4 N–H and O–H groups in total. The number of hydrogen-bond donors (Lipinski definition) is 3. The number of primary amides is 1. The molecule has 1 heterocycles. The molecule has 3 rings (SSSR count). The lowest BCUT2D eigenvalue weighted by Crippen LogP contribution is -2.15. The number of hydrogen-bond acceptors (Lipinski definition) is 5. The second kappa shape index (κ2) is 8.92. The Hall–Kier alpha value is -3.52. The van der Waals surface area contributed by atoms with E-state index >= 15 is 0 Å². The summed E-state index contributed by atoms with van der Waals surface area (Å²) >= 11 is 1.36. The fourth-order valence-electron chi connectivity index (χ4n) is 2.30. The summed E-state index contributed by atoms with van der Waals surface area (Å²) < 4.78 is 5.04. The summed E-state index contributed by atoms with van der Waals surface area (Å²) in [5, 5.41) is 5.48. The van der Waals surface area contributed by atoms with Crippen LogP contribution in [0.5, 0.6) is 0 Å². The number of carbonyl (C=O) groups excluding carboxylic acids is 3. The Bertz CT molecular complexity index is 968. The standard InChI is InChI=1S/C20H17N3O4S/c21-19(25)13-3-5-14(6-4-13)22-18(24)12-28-16-9-7-15(8-10-16)23-20(26)17-2-1-11-27-17/h1-11H,12H2,(H2,21,25)(H,22,24)(H,23,26). The van der Waals surface area contributed by atoms with Gasteiger partial charge >= 0.3 is 0 Å². The first kappa shape index (κ1) is 19.2. The zero-order valence-corrected chi connectivity index (χ0v) is 15.5. The Kier molecular flexibility index (Phi) is 6.13. The van der Waals surface area contributed by atoms with Gasteiger partial charge in [-0.05, 0) is 60.7 Å². The van der Waals surface area contributed by atoms with Gasteiger partial charge in [0.15, 0.2) is 5.76 Å². The van der Waals surface area contributed by atoms with Crippen LogP contribution >= 0.6 is 11.8 Å². The zero-order chi connectivity index (χ0) is 19.9. The second-order valence-electron chi connectivity index (χ2n) is 5.73. The van der Waals surface area contributed by atoms with E-state index in [1.54, 1.807) is 48.5 Å². The molecule has 0 spiro atoms. The molecule has 0 aliphatic heterocycles. The number of benzene rings is 2. The highest BCUT2D eigenvalue weighted by Gasteiger charge is 2.09. The first-order valence-electron chi connectivity index (χ1n) is 8.29. The van der Waals surface area contributed by atoms with Crippen LogP contribution in [0.2, 0.25) is 0 Å². The molecule has 0 aliphatic rings. The minimum absolute atomic E-state index is 0.174. The topological polar surface area (TPSA) is 114 Å². The lowest BCUT2D eigenvalue weighted by Gasteiger charge is -2.07. The van der Waals surface area contributed by atoms with Crippen molar-refractivity contribution in [2.45, 2.75) is 4.90 Å². The first-order valence-corrected chi connectivity index (χ1v) is 9.27. The largest absolute Gasteiger partial charge is 0.459 e. The highest BCUT2D eigenvalue weighted by molar-refractivity contribution is 8.00. The zero-order valence-electron chi connectivity index (χ0n) is 14.7. The molecule has 0 bridgehead atoms. The van der Waals surface area contributed by atoms with Crippen molar-refractivity contribution in [3.8, 4) is 0 Å². The van der Waals surface area contributed by atoms with Gasteiger partial charge in [0.2, 0.25) is 11.8 Å². The Morgan fingerprint density at radius 2 is 1.54 bits per heavy atom. The van der Waals surface area contributed by atoms with Gasteiger partial charge < -0.3 is 20.8 Å². The lowest BCUT2D eigenvalue weighted by molar-refractivity contribution is -0.113. The number of furan rings is 1. The van der Waals surface area contributed by atoms with Gasteiger partial charge in [-0.2, -0.15) is 0 Å². The Balaban J connectivity index is 1.48. The maximum absolute atomic E-state index is 12.1. The predicted octanol–water partition coefficient (Wildman–Crippen LogP) is 3.36. The summed E-state index contributed by atoms with van der Waals surface area (Å²) in [7, 11) is 0. The summed E-state index contributed by atoms with van der Waals surface area (Å²) in [6, 6.07) is 16.7. The van der Waals surface area contributed by atoms with Crippen molar-refractivity contribution in [1.29, 1.82) is 0 Å². The molecule has 2 aromatic carbocycles. The van der Waals surface area contributed by atoms with E-state index in [9.17, 15) is 14.4 Å². The van der Waals surface area contributed by atoms with Gasteiger partial charge in [0.1, 0.15) is 0 Å². The fraction of sp³-hybridized carbons (Fsp3) is 0.0500. The van der Waals surface area contributed by atoms with Crippen molar-refractivity contribution in [1.82, 2.24) is 0 Å². The molecule has 7 nitrogen and oxygen atoms in total. The van der Waals surface area contributed by atoms with E-state index in [1.807, 2.05) is 12.1 Å². The minimum Gasteiger partial charge on any atom is -0.459 e. The van der Waals surface area contributed by atoms with E-state index in [1.165, 1.54) is 18.0 Å². The Labute approximate surface area is 165 Å². The number of carbonyl (C=O) groups is 3. The summed E-state index contributed by atoms with van der Waals surface area (Å²) in [6.07, 6.45) is 1.44. The van der Waals surface area contributed by atoms with Gasteiger partial charge in [0.05, 0.1) is 12.0 Å². The smallest absolute Gasteiger partial charge is 0.291 e. The highest BCUT2D eigenvalue weighted by atomic mass is 32.2.